The molecular weight excluding hydrogens is 416 g/mol. The van der Waals surface area contributed by atoms with Gasteiger partial charge in [-0.1, -0.05) is 87.5 Å². The zero-order valence-corrected chi connectivity index (χ0v) is 19.6. The number of methoxy groups -OCH3 is 1. The summed E-state index contributed by atoms with van der Waals surface area (Å²) in [6.45, 7) is 6.28. The standard InChI is InChI=1S/C26H25N2O3Si/c1-25(2,3)24-27-22-20(23(29)30-4)16-11-17-21(22)28(24)26(31-32,18-12-7-5-8-13-18)19-14-9-6-10-15-19/h5-17H,1-4H3. The Morgan fingerprint density at radius 2 is 1.44 bits per heavy atom. The minimum atomic E-state index is -1.08. The molecule has 3 aromatic carbocycles. The first-order valence-corrected chi connectivity index (χ1v) is 10.8. The Bertz CT molecular complexity index is 1210. The van der Waals surface area contributed by atoms with Gasteiger partial charge in [-0.25, -0.2) is 9.78 Å². The topological polar surface area (TPSA) is 53.3 Å². The van der Waals surface area contributed by atoms with E-state index in [9.17, 15) is 4.79 Å². The molecule has 1 heterocycles. The van der Waals surface area contributed by atoms with Gasteiger partial charge in [-0.2, -0.15) is 0 Å². The molecule has 5 nitrogen and oxygen atoms in total. The lowest BCUT2D eigenvalue weighted by Crippen LogP contribution is -2.41. The number of para-hydroxylation sites is 1. The third kappa shape index (κ3) is 3.45. The number of hydrogen-bond acceptors (Lipinski definition) is 4. The minimum absolute atomic E-state index is 0.355. The van der Waals surface area contributed by atoms with Crippen molar-refractivity contribution >= 4 is 27.5 Å². The van der Waals surface area contributed by atoms with Crippen molar-refractivity contribution in [3.05, 3.63) is 101 Å². The predicted molar refractivity (Wildman–Crippen MR) is 126 cm³/mol. The van der Waals surface area contributed by atoms with Crippen LogP contribution in [0.25, 0.3) is 11.0 Å². The molecule has 0 aliphatic carbocycles. The SMILES string of the molecule is COC(=O)c1cccc2c1nc(C(C)(C)C)n2C(O[Si])(c1ccccc1)c1ccccc1. The van der Waals surface area contributed by atoms with Crippen molar-refractivity contribution in [2.24, 2.45) is 0 Å². The number of aromatic nitrogens is 2. The summed E-state index contributed by atoms with van der Waals surface area (Å²) >= 11 is 0. The van der Waals surface area contributed by atoms with Gasteiger partial charge in [-0.15, -0.1) is 0 Å². The molecular formula is C26H25N2O3Si. The molecule has 0 bridgehead atoms. The van der Waals surface area contributed by atoms with E-state index in [1.807, 2.05) is 72.8 Å². The van der Waals surface area contributed by atoms with Gasteiger partial charge in [-0.05, 0) is 12.1 Å². The molecule has 0 amide bonds. The summed E-state index contributed by atoms with van der Waals surface area (Å²) in [5.41, 5.74) is 2.15. The number of nitrogens with zero attached hydrogens (tertiary/aromatic N) is 2. The van der Waals surface area contributed by atoms with Crippen LogP contribution in [0.4, 0.5) is 0 Å². The van der Waals surface area contributed by atoms with Crippen LogP contribution in [0.3, 0.4) is 0 Å². The molecule has 0 saturated carbocycles. The molecule has 0 saturated heterocycles. The Morgan fingerprint density at radius 3 is 1.91 bits per heavy atom. The van der Waals surface area contributed by atoms with E-state index < -0.39 is 11.7 Å². The van der Waals surface area contributed by atoms with Crippen molar-refractivity contribution in [2.75, 3.05) is 7.11 Å². The van der Waals surface area contributed by atoms with Gasteiger partial charge in [0.15, 0.2) is 5.72 Å². The Morgan fingerprint density at radius 1 is 0.875 bits per heavy atom. The molecule has 0 unspecified atom stereocenters. The van der Waals surface area contributed by atoms with Crippen LogP contribution < -0.4 is 0 Å². The number of benzene rings is 3. The summed E-state index contributed by atoms with van der Waals surface area (Å²) in [4.78, 5) is 17.5. The lowest BCUT2D eigenvalue weighted by atomic mass is 9.90. The van der Waals surface area contributed by atoms with Gasteiger partial charge in [-0.3, -0.25) is 4.57 Å². The lowest BCUT2D eigenvalue weighted by Gasteiger charge is -2.39. The number of imidazole rings is 1. The van der Waals surface area contributed by atoms with Gasteiger partial charge in [0.1, 0.15) is 11.3 Å². The molecule has 0 spiro atoms. The second kappa shape index (κ2) is 8.37. The molecule has 0 aliphatic heterocycles. The largest absolute Gasteiger partial charge is 0.465 e. The normalized spacial score (nSPS) is 12.2. The molecule has 32 heavy (non-hydrogen) atoms. The first kappa shape index (κ1) is 22.0. The molecule has 161 valence electrons. The molecule has 6 heteroatoms. The van der Waals surface area contributed by atoms with Crippen molar-refractivity contribution < 1.29 is 14.0 Å². The molecule has 0 aliphatic rings. The second-order valence-electron chi connectivity index (χ2n) is 8.66. The van der Waals surface area contributed by atoms with E-state index in [1.165, 1.54) is 7.11 Å². The minimum Gasteiger partial charge on any atom is -0.465 e. The van der Waals surface area contributed by atoms with E-state index >= 15 is 0 Å². The van der Waals surface area contributed by atoms with E-state index in [0.29, 0.717) is 11.1 Å². The molecule has 1 aromatic heterocycles. The van der Waals surface area contributed by atoms with Crippen LogP contribution in [0.2, 0.25) is 0 Å². The van der Waals surface area contributed by atoms with Crippen molar-refractivity contribution in [3.63, 3.8) is 0 Å². The highest BCUT2D eigenvalue weighted by Gasteiger charge is 2.42. The van der Waals surface area contributed by atoms with E-state index in [-0.39, 0.29) is 5.41 Å². The monoisotopic (exact) mass is 441 g/mol. The van der Waals surface area contributed by atoms with Crippen LogP contribution >= 0.6 is 0 Å². The van der Waals surface area contributed by atoms with Crippen molar-refractivity contribution in [3.8, 4) is 0 Å². The Kier molecular flexibility index (Phi) is 5.75. The van der Waals surface area contributed by atoms with Crippen LogP contribution in [0.15, 0.2) is 78.9 Å². The maximum absolute atomic E-state index is 12.5. The van der Waals surface area contributed by atoms with Gasteiger partial charge in [0.05, 0.1) is 18.2 Å². The summed E-state index contributed by atoms with van der Waals surface area (Å²) < 4.78 is 13.3. The fraction of sp³-hybridized carbons (Fsp3) is 0.231. The molecule has 4 aromatic rings. The zero-order valence-electron chi connectivity index (χ0n) is 18.6. The second-order valence-corrected chi connectivity index (χ2v) is 8.87. The highest BCUT2D eigenvalue weighted by atomic mass is 28.2. The smallest absolute Gasteiger partial charge is 0.340 e. The third-order valence-electron chi connectivity index (χ3n) is 5.55. The summed E-state index contributed by atoms with van der Waals surface area (Å²) in [5, 5.41) is 0. The summed E-state index contributed by atoms with van der Waals surface area (Å²) in [7, 11) is 4.81. The molecule has 0 N–H and O–H groups in total. The molecule has 0 atom stereocenters. The summed E-state index contributed by atoms with van der Waals surface area (Å²) in [6.07, 6.45) is 0. The van der Waals surface area contributed by atoms with E-state index in [1.54, 1.807) is 6.07 Å². The highest BCUT2D eigenvalue weighted by molar-refractivity contribution is 6.02. The number of carbonyl (C=O) groups is 1. The Balaban J connectivity index is 2.20. The van der Waals surface area contributed by atoms with Crippen LogP contribution in [0.5, 0.6) is 0 Å². The summed E-state index contributed by atoms with van der Waals surface area (Å²) in [5.74, 6) is 0.347. The average molecular weight is 442 g/mol. The van der Waals surface area contributed by atoms with E-state index in [4.69, 9.17) is 14.1 Å². The first-order valence-electron chi connectivity index (χ1n) is 10.4. The van der Waals surface area contributed by atoms with Crippen LogP contribution in [0.1, 0.15) is 48.1 Å². The molecule has 3 radical (unpaired) electrons. The summed E-state index contributed by atoms with van der Waals surface area (Å²) in [6, 6.07) is 25.5. The van der Waals surface area contributed by atoms with Crippen LogP contribution in [-0.2, 0) is 20.3 Å². The zero-order chi connectivity index (χ0) is 22.9. The van der Waals surface area contributed by atoms with E-state index in [2.05, 4.69) is 35.8 Å². The first-order chi connectivity index (χ1) is 15.3. The Labute approximate surface area is 191 Å². The van der Waals surface area contributed by atoms with Gasteiger partial charge < -0.3 is 9.16 Å². The molecule has 0 fully saturated rings. The van der Waals surface area contributed by atoms with Gasteiger partial charge in [0.2, 0.25) is 0 Å². The fourth-order valence-electron chi connectivity index (χ4n) is 4.11. The van der Waals surface area contributed by atoms with Crippen molar-refractivity contribution in [1.29, 1.82) is 0 Å². The Hall–Kier alpha value is -3.22. The lowest BCUT2D eigenvalue weighted by molar-refractivity contribution is 0.0602. The molecule has 4 rings (SSSR count). The maximum Gasteiger partial charge on any atom is 0.340 e. The van der Waals surface area contributed by atoms with Gasteiger partial charge >= 0.3 is 5.97 Å². The number of esters is 1. The fourth-order valence-corrected chi connectivity index (χ4v) is 4.44. The quantitative estimate of drug-likeness (QED) is 0.324. The third-order valence-corrected chi connectivity index (χ3v) is 5.85. The number of fused-ring (bicyclic) bond motifs is 1. The van der Waals surface area contributed by atoms with Crippen LogP contribution in [-0.4, -0.2) is 33.1 Å². The highest BCUT2D eigenvalue weighted by Crippen LogP contribution is 2.41. The van der Waals surface area contributed by atoms with Crippen molar-refractivity contribution in [1.82, 2.24) is 9.55 Å². The van der Waals surface area contributed by atoms with Gasteiger partial charge in [0, 0.05) is 16.5 Å². The number of hydrogen-bond donors (Lipinski definition) is 0. The maximum atomic E-state index is 12.5. The average Bonchev–Trinajstić information content (AvgIpc) is 3.22. The van der Waals surface area contributed by atoms with Crippen molar-refractivity contribution in [2.45, 2.75) is 31.9 Å². The number of rotatable bonds is 5. The van der Waals surface area contributed by atoms with Gasteiger partial charge in [0.25, 0.3) is 10.5 Å². The van der Waals surface area contributed by atoms with Crippen LogP contribution in [0, 0.1) is 0 Å². The van der Waals surface area contributed by atoms with E-state index in [0.717, 1.165) is 22.5 Å². The number of carbonyl (C=O) groups excluding carboxylic acids is 1. The number of ether oxygens (including phenoxy) is 1. The predicted octanol–water partition coefficient (Wildman–Crippen LogP) is 4.97.